The highest BCUT2D eigenvalue weighted by Gasteiger charge is 2.57. The molecule has 3 fully saturated rings. The average Bonchev–Trinajstić information content (AvgIpc) is 3.15. The molecule has 2 saturated heterocycles. The first-order chi connectivity index (χ1) is 15.1. The van der Waals surface area contributed by atoms with Crippen LogP contribution in [0.15, 0.2) is 18.6 Å². The van der Waals surface area contributed by atoms with Crippen LogP contribution >= 0.6 is 0 Å². The van der Waals surface area contributed by atoms with E-state index in [4.69, 9.17) is 0 Å². The molecule has 11 nitrogen and oxygen atoms in total. The molecule has 13 heteroatoms. The van der Waals surface area contributed by atoms with Gasteiger partial charge in [-0.3, -0.25) is 5.32 Å². The lowest BCUT2D eigenvalue weighted by Crippen LogP contribution is -2.62. The Morgan fingerprint density at radius 1 is 1.16 bits per heavy atom. The van der Waals surface area contributed by atoms with Crippen LogP contribution in [0, 0.1) is 0 Å². The van der Waals surface area contributed by atoms with Crippen molar-refractivity contribution in [3.05, 3.63) is 18.6 Å². The number of fused-ring (bicyclic) bond motifs is 1. The van der Waals surface area contributed by atoms with Crippen LogP contribution in [0.5, 0.6) is 0 Å². The number of hydrogen-bond donors (Lipinski definition) is 2. The number of rotatable bonds is 6. The summed E-state index contributed by atoms with van der Waals surface area (Å²) in [5.74, 6) is 0.805. The lowest BCUT2D eigenvalue weighted by molar-refractivity contribution is 0.245. The first-order valence-electron chi connectivity index (χ1n) is 10.8. The Morgan fingerprint density at radius 2 is 1.94 bits per heavy atom. The molecule has 176 valence electrons. The van der Waals surface area contributed by atoms with Crippen molar-refractivity contribution >= 4 is 36.9 Å². The van der Waals surface area contributed by atoms with E-state index >= 15 is 0 Å². The Kier molecular flexibility index (Phi) is 5.06. The largest absolute Gasteiger partial charge is 0.353 e. The van der Waals surface area contributed by atoms with Crippen LogP contribution < -0.4 is 10.2 Å². The molecule has 0 unspecified atom stereocenters. The number of piperazine rings is 1. The van der Waals surface area contributed by atoms with E-state index in [1.807, 2.05) is 12.3 Å². The van der Waals surface area contributed by atoms with Gasteiger partial charge in [0, 0.05) is 45.7 Å². The second-order valence-corrected chi connectivity index (χ2v) is 13.5. The highest BCUT2D eigenvalue weighted by molar-refractivity contribution is 7.92. The number of aromatic amines is 1. The van der Waals surface area contributed by atoms with Crippen LogP contribution in [-0.2, 0) is 20.0 Å². The lowest BCUT2D eigenvalue weighted by atomic mass is 10.2. The van der Waals surface area contributed by atoms with Crippen LogP contribution in [0.1, 0.15) is 25.7 Å². The van der Waals surface area contributed by atoms with Gasteiger partial charge in [-0.25, -0.2) is 18.4 Å². The number of sulfone groups is 1. The number of anilines is 1. The van der Waals surface area contributed by atoms with Gasteiger partial charge < -0.3 is 9.88 Å². The van der Waals surface area contributed by atoms with Crippen molar-refractivity contribution in [2.45, 2.75) is 36.1 Å². The number of nitrogens with one attached hydrogen (secondary N) is 2. The van der Waals surface area contributed by atoms with E-state index in [1.54, 1.807) is 4.31 Å². The monoisotopic (exact) mass is 483 g/mol. The van der Waals surface area contributed by atoms with Gasteiger partial charge in [-0.1, -0.05) is 0 Å². The standard InChI is InChI=1S/C19H29N7O4S2/c1-24(13-19(31(2,27)28)5-3-8-23-19)32(29,30)26-11-10-25(12-18(26)6-7-18)17-15-4-9-20-16(15)21-14-22-17/h4,9,14,23H,3,5-8,10-13H2,1-2H3,(H,20,21,22)/t19-/m1/s1. The molecule has 4 heterocycles. The van der Waals surface area contributed by atoms with Crippen molar-refractivity contribution in [1.29, 1.82) is 0 Å². The van der Waals surface area contributed by atoms with Crippen LogP contribution in [-0.4, -0.2) is 96.8 Å². The van der Waals surface area contributed by atoms with E-state index < -0.39 is 30.5 Å². The Bertz CT molecular complexity index is 1230. The van der Waals surface area contributed by atoms with Gasteiger partial charge in [-0.05, 0) is 38.3 Å². The van der Waals surface area contributed by atoms with Crippen molar-refractivity contribution in [1.82, 2.24) is 28.9 Å². The lowest BCUT2D eigenvalue weighted by Gasteiger charge is -2.43. The molecule has 1 atom stereocenters. The molecular weight excluding hydrogens is 454 g/mol. The summed E-state index contributed by atoms with van der Waals surface area (Å²) in [6.45, 7) is 1.84. The van der Waals surface area contributed by atoms with E-state index in [2.05, 4.69) is 25.2 Å². The van der Waals surface area contributed by atoms with Gasteiger partial charge in [0.05, 0.1) is 10.9 Å². The molecule has 2 N–H and O–H groups in total. The third-order valence-corrected chi connectivity index (χ3v) is 11.1. The molecule has 0 radical (unpaired) electrons. The second-order valence-electron chi connectivity index (χ2n) is 9.22. The molecule has 3 aliphatic rings. The molecule has 2 aromatic rings. The fourth-order valence-electron chi connectivity index (χ4n) is 5.12. The van der Waals surface area contributed by atoms with Crippen LogP contribution in [0.25, 0.3) is 11.0 Å². The molecule has 5 rings (SSSR count). The van der Waals surface area contributed by atoms with Crippen LogP contribution in [0.3, 0.4) is 0 Å². The summed E-state index contributed by atoms with van der Waals surface area (Å²) in [7, 11) is -5.83. The summed E-state index contributed by atoms with van der Waals surface area (Å²) >= 11 is 0. The Morgan fingerprint density at radius 3 is 2.59 bits per heavy atom. The summed E-state index contributed by atoms with van der Waals surface area (Å²) in [5, 5.41) is 3.97. The van der Waals surface area contributed by atoms with Gasteiger partial charge in [0.15, 0.2) is 9.84 Å². The van der Waals surface area contributed by atoms with Crippen molar-refractivity contribution in [2.75, 3.05) is 50.9 Å². The van der Waals surface area contributed by atoms with Crippen LogP contribution in [0.4, 0.5) is 5.82 Å². The molecule has 0 bridgehead atoms. The summed E-state index contributed by atoms with van der Waals surface area (Å²) < 4.78 is 55.0. The molecule has 0 aromatic carbocycles. The van der Waals surface area contributed by atoms with Gasteiger partial charge in [-0.15, -0.1) is 0 Å². The maximum absolute atomic E-state index is 13.6. The molecule has 2 aliphatic heterocycles. The molecule has 2 aromatic heterocycles. The van der Waals surface area contributed by atoms with Gasteiger partial charge in [-0.2, -0.15) is 17.0 Å². The first-order valence-corrected chi connectivity index (χ1v) is 14.1. The highest BCUT2D eigenvalue weighted by atomic mass is 32.2. The van der Waals surface area contributed by atoms with Gasteiger partial charge >= 0.3 is 0 Å². The average molecular weight is 484 g/mol. The maximum Gasteiger partial charge on any atom is 0.282 e. The zero-order valence-electron chi connectivity index (χ0n) is 18.3. The van der Waals surface area contributed by atoms with E-state index in [0.29, 0.717) is 39.0 Å². The number of H-pyrrole nitrogens is 1. The molecule has 1 spiro atoms. The van der Waals surface area contributed by atoms with E-state index in [-0.39, 0.29) is 6.54 Å². The first kappa shape index (κ1) is 22.0. The minimum atomic E-state index is -3.83. The van der Waals surface area contributed by atoms with E-state index in [0.717, 1.165) is 29.7 Å². The van der Waals surface area contributed by atoms with Crippen molar-refractivity contribution in [2.24, 2.45) is 0 Å². The van der Waals surface area contributed by atoms with E-state index in [9.17, 15) is 16.8 Å². The van der Waals surface area contributed by atoms with Crippen molar-refractivity contribution in [3.8, 4) is 0 Å². The summed E-state index contributed by atoms with van der Waals surface area (Å²) in [5.41, 5.74) is 0.269. The molecule has 1 aliphatic carbocycles. The SMILES string of the molecule is CN(C[C@]1(S(C)(=O)=O)CCCN1)S(=O)(=O)N1CCN(c2ncnc3[nH]ccc23)CC12CC2. The van der Waals surface area contributed by atoms with Gasteiger partial charge in [0.1, 0.15) is 22.7 Å². The van der Waals surface area contributed by atoms with Crippen molar-refractivity contribution < 1.29 is 16.8 Å². The number of hydrogen-bond acceptors (Lipinski definition) is 8. The Labute approximate surface area is 188 Å². The fourth-order valence-corrected chi connectivity index (χ4v) is 8.27. The predicted molar refractivity (Wildman–Crippen MR) is 121 cm³/mol. The quantitative estimate of drug-likeness (QED) is 0.583. The number of likely N-dealkylation sites (N-methyl/N-ethyl adjacent to an activating group) is 1. The summed E-state index contributed by atoms with van der Waals surface area (Å²) in [4.78, 5) is 12.7. The van der Waals surface area contributed by atoms with Crippen LogP contribution in [0.2, 0.25) is 0 Å². The topological polar surface area (TPSA) is 132 Å². The minimum absolute atomic E-state index is 0.0969. The Balaban J connectivity index is 1.38. The highest BCUT2D eigenvalue weighted by Crippen LogP contribution is 2.47. The summed E-state index contributed by atoms with van der Waals surface area (Å²) in [6, 6.07) is 1.93. The molecule has 1 saturated carbocycles. The predicted octanol–water partition coefficient (Wildman–Crippen LogP) is -0.0866. The smallest absolute Gasteiger partial charge is 0.282 e. The molecular formula is C19H29N7O4S2. The molecule has 0 amide bonds. The molecule has 32 heavy (non-hydrogen) atoms. The normalized spacial score (nSPS) is 26.4. The third kappa shape index (κ3) is 3.41. The zero-order valence-corrected chi connectivity index (χ0v) is 19.9. The fraction of sp³-hybridized carbons (Fsp3) is 0.684. The minimum Gasteiger partial charge on any atom is -0.353 e. The number of aromatic nitrogens is 3. The maximum atomic E-state index is 13.6. The third-order valence-electron chi connectivity index (χ3n) is 7.11. The second kappa shape index (κ2) is 7.35. The van der Waals surface area contributed by atoms with Crippen molar-refractivity contribution in [3.63, 3.8) is 0 Å². The Hall–Kier alpha value is -1.80. The summed E-state index contributed by atoms with van der Waals surface area (Å²) in [6.07, 6.45) is 7.17. The van der Waals surface area contributed by atoms with E-state index in [1.165, 1.54) is 23.9 Å². The number of nitrogens with zero attached hydrogens (tertiary/aromatic N) is 5. The van der Waals surface area contributed by atoms with Gasteiger partial charge in [0.25, 0.3) is 10.2 Å². The zero-order chi connectivity index (χ0) is 22.8. The van der Waals surface area contributed by atoms with Gasteiger partial charge in [0.2, 0.25) is 0 Å².